The van der Waals surface area contributed by atoms with Crippen molar-refractivity contribution in [3.05, 3.63) is 77.7 Å². The molecule has 1 aliphatic carbocycles. The van der Waals surface area contributed by atoms with Crippen LogP contribution in [0, 0.1) is 5.82 Å². The van der Waals surface area contributed by atoms with Crippen LogP contribution in [0.3, 0.4) is 0 Å². The van der Waals surface area contributed by atoms with Gasteiger partial charge in [-0.2, -0.15) is 0 Å². The first-order chi connectivity index (χ1) is 18.3. The molecule has 2 aromatic carbocycles. The van der Waals surface area contributed by atoms with Gasteiger partial charge in [-0.25, -0.2) is 0 Å². The smallest absolute Gasteiger partial charge is 0.207 e. The van der Waals surface area contributed by atoms with Crippen LogP contribution >= 0.6 is 11.6 Å². The normalized spacial score (nSPS) is 15.9. The van der Waals surface area contributed by atoms with E-state index in [1.54, 1.807) is 12.1 Å². The summed E-state index contributed by atoms with van der Waals surface area (Å²) in [6, 6.07) is 16.1. The number of Topliss-reactive ketones (excluding diaryl/α,β-unsaturated/α-hetero) is 1. The molecule has 1 amide bonds. The topological polar surface area (TPSA) is 68.3 Å². The predicted octanol–water partition coefficient (Wildman–Crippen LogP) is 3.77. The number of rotatable bonds is 8. The van der Waals surface area contributed by atoms with Crippen molar-refractivity contribution in [2.24, 2.45) is 0 Å². The van der Waals surface area contributed by atoms with Gasteiger partial charge in [0, 0.05) is 6.42 Å². The Balaban J connectivity index is 0.000000387. The minimum Gasteiger partial charge on any atom is -0.349 e. The van der Waals surface area contributed by atoms with Crippen LogP contribution < -0.4 is 23.2 Å². The third-order valence-electron chi connectivity index (χ3n) is 5.09. The van der Waals surface area contributed by atoms with Crippen LogP contribution in [0.5, 0.6) is 5.75 Å². The number of ketones is 1. The third-order valence-corrected chi connectivity index (χ3v) is 10.2. The Morgan fingerprint density at radius 3 is 2.34 bits per heavy atom. The van der Waals surface area contributed by atoms with Crippen molar-refractivity contribution in [3.8, 4) is 5.75 Å². The van der Waals surface area contributed by atoms with Crippen LogP contribution in [-0.2, 0) is 9.59 Å². The molecule has 0 saturated heterocycles. The molecular weight excluding hydrogens is 594 g/mol. The van der Waals surface area contributed by atoms with E-state index in [-0.39, 0.29) is 17.6 Å². The number of amides is 1. The largest absolute Gasteiger partial charge is 0.349 e. The molecule has 0 aliphatic heterocycles. The van der Waals surface area contributed by atoms with E-state index in [4.69, 9.17) is 11.6 Å². The molecule has 12 heteroatoms. The summed E-state index contributed by atoms with van der Waals surface area (Å²) < 4.78 is 68.5. The summed E-state index contributed by atoms with van der Waals surface area (Å²) in [4.78, 5) is 24.9. The summed E-state index contributed by atoms with van der Waals surface area (Å²) in [6.07, 6.45) is -1.70. The van der Waals surface area contributed by atoms with E-state index in [0.29, 0.717) is 33.9 Å². The van der Waals surface area contributed by atoms with Crippen molar-refractivity contribution in [2.75, 3.05) is 7.18 Å². The van der Waals surface area contributed by atoms with E-state index < -0.39 is 33.3 Å². The van der Waals surface area contributed by atoms with Gasteiger partial charge in [-0.05, 0) is 12.8 Å². The minimum atomic E-state index is -3.32. The Kier molecular flexibility index (Phi) is 13.2. The Hall–Kier alpha value is -2.97. The summed E-state index contributed by atoms with van der Waals surface area (Å²) in [5, 5.41) is 2.92. The molecule has 1 heterocycles. The fourth-order valence-corrected chi connectivity index (χ4v) is 8.23. The molecule has 5 nitrogen and oxygen atoms in total. The molecule has 1 saturated carbocycles. The Morgan fingerprint density at radius 2 is 1.79 bits per heavy atom. The molecule has 0 radical (unpaired) electrons. The zero-order valence-corrected chi connectivity index (χ0v) is 22.8. The number of hydrogen-bond donors (Lipinski definition) is 1. The van der Waals surface area contributed by atoms with Gasteiger partial charge < -0.3 is 5.32 Å². The van der Waals surface area contributed by atoms with E-state index in [0.717, 1.165) is 23.3 Å². The van der Waals surface area contributed by atoms with Crippen molar-refractivity contribution in [3.63, 3.8) is 0 Å². The fourth-order valence-electron chi connectivity index (χ4n) is 3.49. The number of pyridine rings is 1. The number of benzene rings is 2. The molecule has 3 aromatic rings. The third kappa shape index (κ3) is 9.40. The van der Waals surface area contributed by atoms with Crippen LogP contribution in [-0.4, -0.2) is 57.8 Å². The van der Waals surface area contributed by atoms with Crippen molar-refractivity contribution >= 4 is 51.6 Å². The first kappa shape index (κ1) is 31.2. The first-order valence-electron chi connectivity index (χ1n) is 11.2. The zero-order valence-electron chi connectivity index (χ0n) is 20.2. The van der Waals surface area contributed by atoms with Gasteiger partial charge in [0.1, 0.15) is 0 Å². The molecule has 1 aromatic heterocycles. The average molecular weight is 619 g/mol. The number of nitrogens with zero attached hydrogens (tertiary/aromatic N) is 1. The molecule has 204 valence electrons. The second-order valence-electron chi connectivity index (χ2n) is 7.65. The van der Waals surface area contributed by atoms with Gasteiger partial charge in [-0.3, -0.25) is 14.0 Å². The van der Waals surface area contributed by atoms with Crippen LogP contribution in [0.25, 0.3) is 0 Å². The molecule has 1 aliphatic rings. The predicted molar refractivity (Wildman–Crippen MR) is 137 cm³/mol. The number of ether oxygens (including phenoxy) is 1. The molecule has 1 N–H and O–H groups in total. The Morgan fingerprint density at radius 1 is 1.08 bits per heavy atom. The molecular formula is C26H25AsClF5N2O3. The molecule has 38 heavy (non-hydrogen) atoms. The zero-order chi connectivity index (χ0) is 28.1. The number of alkyl halides is 4. The summed E-state index contributed by atoms with van der Waals surface area (Å²) >= 11 is 3.57. The maximum Gasteiger partial charge on any atom is 0.207 e. The number of carbonyl (C=O) groups excluding carboxylic acids is 2. The molecule has 0 bridgehead atoms. The van der Waals surface area contributed by atoms with E-state index in [1.807, 2.05) is 30.3 Å². The van der Waals surface area contributed by atoms with E-state index >= 15 is 0 Å². The number of nitrogens with one attached hydrogen (secondary N) is 1. The number of carbonyl (C=O) groups is 2. The van der Waals surface area contributed by atoms with Crippen LogP contribution in [0.15, 0.2) is 66.9 Å². The Bertz CT molecular complexity index is 1160. The summed E-state index contributed by atoms with van der Waals surface area (Å²) in [6.45, 7) is 0. The SMILES string of the molecule is CF.Fc1cc(OC(F)C(F)F)cc([As](c2ccccc2)c2ccc(Cl)cn2)c1.O=CNC1CCCC1=O. The van der Waals surface area contributed by atoms with Crippen molar-refractivity contribution in [1.82, 2.24) is 10.3 Å². The standard InChI is InChI=1S/C19H13AsClF4NO.C6H9NO2.CH3F/c21-14-6-7-17(26-11-14)20(12-4-2-1-3-5-12)13-8-15(22)10-16(9-13)27-19(25)18(23)24;8-4-7-5-2-1-3-6(5)9;1-2/h1-11,18-19H;4-5H,1-3H2,(H,7,8);1H3. The molecule has 4 rings (SSSR count). The van der Waals surface area contributed by atoms with Crippen molar-refractivity contribution < 1.29 is 36.3 Å². The summed E-state index contributed by atoms with van der Waals surface area (Å²) in [7, 11) is 0.500. The fraction of sp³-hybridized carbons (Fsp3) is 0.269. The first-order valence-corrected chi connectivity index (χ1v) is 14.4. The number of hydrogen-bond acceptors (Lipinski definition) is 4. The van der Waals surface area contributed by atoms with Gasteiger partial charge >= 0.3 is 163 Å². The molecule has 1 fully saturated rings. The Labute approximate surface area is 226 Å². The van der Waals surface area contributed by atoms with Gasteiger partial charge in [0.15, 0.2) is 5.78 Å². The van der Waals surface area contributed by atoms with E-state index in [9.17, 15) is 31.5 Å². The second-order valence-corrected chi connectivity index (χ2v) is 12.6. The summed E-state index contributed by atoms with van der Waals surface area (Å²) in [5.41, 5.74) is 0. The van der Waals surface area contributed by atoms with Crippen molar-refractivity contribution in [2.45, 2.75) is 38.1 Å². The van der Waals surface area contributed by atoms with Crippen LogP contribution in [0.1, 0.15) is 19.3 Å². The average Bonchev–Trinajstić information content (AvgIpc) is 3.32. The molecule has 3 unspecified atom stereocenters. The van der Waals surface area contributed by atoms with E-state index in [2.05, 4.69) is 15.0 Å². The monoisotopic (exact) mass is 618 g/mol. The van der Waals surface area contributed by atoms with Gasteiger partial charge in [-0.1, -0.05) is 0 Å². The van der Waals surface area contributed by atoms with Gasteiger partial charge in [0.05, 0.1) is 13.2 Å². The number of aromatic nitrogens is 1. The quantitative estimate of drug-likeness (QED) is 0.237. The number of halogens is 6. The van der Waals surface area contributed by atoms with Crippen molar-refractivity contribution in [1.29, 1.82) is 0 Å². The van der Waals surface area contributed by atoms with Gasteiger partial charge in [-0.15, -0.1) is 0 Å². The molecule has 0 spiro atoms. The van der Waals surface area contributed by atoms with Gasteiger partial charge in [0.25, 0.3) is 0 Å². The second kappa shape index (κ2) is 16.1. The minimum absolute atomic E-state index is 0.169. The maximum absolute atomic E-state index is 14.1. The summed E-state index contributed by atoms with van der Waals surface area (Å²) in [5.74, 6) is -0.822. The van der Waals surface area contributed by atoms with Crippen LogP contribution in [0.4, 0.5) is 22.0 Å². The van der Waals surface area contributed by atoms with E-state index in [1.165, 1.54) is 18.3 Å². The van der Waals surface area contributed by atoms with Crippen LogP contribution in [0.2, 0.25) is 5.02 Å². The molecule has 3 atom stereocenters. The maximum atomic E-state index is 14.1. The van der Waals surface area contributed by atoms with Gasteiger partial charge in [0.2, 0.25) is 6.41 Å².